The van der Waals surface area contributed by atoms with Crippen LogP contribution in [0, 0.1) is 31.4 Å². The Balaban J connectivity index is 1.50. The number of rotatable bonds is 7. The Bertz CT molecular complexity index is 1110. The first-order valence-corrected chi connectivity index (χ1v) is 9.99. The summed E-state index contributed by atoms with van der Waals surface area (Å²) in [6, 6.07) is 8.94. The molecular formula is C23H22F2N4O2. The first kappa shape index (κ1) is 20.8. The van der Waals surface area contributed by atoms with Gasteiger partial charge in [0, 0.05) is 11.3 Å². The standard InChI is InChI=1S/C23H22F2N4O2/c1-14-20(13-26-15(2)28-14)31-9-8-23(16-4-3-5-17(24)10-16)11-19(23)22(30)29-21-7-6-18(25)12-27-21/h3-7,10,12-13,19H,8-9,11H2,1-2H3,(H,27,29,30)/t19-,23-/m0/s1. The molecule has 31 heavy (non-hydrogen) atoms. The van der Waals surface area contributed by atoms with Gasteiger partial charge >= 0.3 is 0 Å². The number of carbonyl (C=O) groups excluding carboxylic acids is 1. The van der Waals surface area contributed by atoms with Gasteiger partial charge in [-0.1, -0.05) is 12.1 Å². The second-order valence-electron chi connectivity index (χ2n) is 7.74. The normalized spacial score (nSPS) is 19.7. The number of pyridine rings is 1. The van der Waals surface area contributed by atoms with Crippen molar-refractivity contribution in [3.8, 4) is 5.75 Å². The minimum Gasteiger partial charge on any atom is -0.490 e. The molecule has 0 unspecified atom stereocenters. The maximum absolute atomic E-state index is 13.9. The summed E-state index contributed by atoms with van der Waals surface area (Å²) in [7, 11) is 0. The molecule has 1 aromatic carbocycles. The molecule has 4 rings (SSSR count). The second-order valence-corrected chi connectivity index (χ2v) is 7.74. The molecule has 0 bridgehead atoms. The van der Waals surface area contributed by atoms with Crippen LogP contribution < -0.4 is 10.1 Å². The molecule has 2 atom stereocenters. The monoisotopic (exact) mass is 424 g/mol. The maximum atomic E-state index is 13.9. The van der Waals surface area contributed by atoms with E-state index < -0.39 is 11.2 Å². The van der Waals surface area contributed by atoms with E-state index >= 15 is 0 Å². The number of aromatic nitrogens is 3. The predicted molar refractivity (Wildman–Crippen MR) is 111 cm³/mol. The Labute approximate surface area is 178 Å². The highest BCUT2D eigenvalue weighted by molar-refractivity contribution is 5.95. The van der Waals surface area contributed by atoms with E-state index in [1.165, 1.54) is 24.3 Å². The molecule has 8 heteroatoms. The summed E-state index contributed by atoms with van der Waals surface area (Å²) in [5.74, 6) is 0.0675. The fourth-order valence-electron chi connectivity index (χ4n) is 3.91. The molecule has 1 aliphatic rings. The lowest BCUT2D eigenvalue weighted by molar-refractivity contribution is -0.117. The molecule has 2 heterocycles. The van der Waals surface area contributed by atoms with Gasteiger partial charge in [0.05, 0.1) is 24.7 Å². The van der Waals surface area contributed by atoms with E-state index in [0.717, 1.165) is 17.5 Å². The van der Waals surface area contributed by atoms with Crippen LogP contribution in [0.5, 0.6) is 5.75 Å². The summed E-state index contributed by atoms with van der Waals surface area (Å²) in [6.07, 6.45) is 3.74. The lowest BCUT2D eigenvalue weighted by Crippen LogP contribution is -2.23. The predicted octanol–water partition coefficient (Wildman–Crippen LogP) is 4.13. The zero-order valence-corrected chi connectivity index (χ0v) is 17.2. The smallest absolute Gasteiger partial charge is 0.229 e. The number of aryl methyl sites for hydroxylation is 2. The number of hydrogen-bond donors (Lipinski definition) is 1. The maximum Gasteiger partial charge on any atom is 0.229 e. The van der Waals surface area contributed by atoms with E-state index in [-0.39, 0.29) is 23.5 Å². The quantitative estimate of drug-likeness (QED) is 0.617. The number of amides is 1. The highest BCUT2D eigenvalue weighted by Crippen LogP contribution is 2.57. The third kappa shape index (κ3) is 4.52. The molecule has 0 spiro atoms. The number of carbonyl (C=O) groups is 1. The van der Waals surface area contributed by atoms with Crippen molar-refractivity contribution in [1.29, 1.82) is 0 Å². The summed E-state index contributed by atoms with van der Waals surface area (Å²) in [5, 5.41) is 2.72. The number of anilines is 1. The first-order valence-electron chi connectivity index (χ1n) is 9.99. The third-order valence-corrected chi connectivity index (χ3v) is 5.63. The van der Waals surface area contributed by atoms with Crippen molar-refractivity contribution in [3.05, 3.63) is 77.5 Å². The van der Waals surface area contributed by atoms with E-state index in [1.54, 1.807) is 19.2 Å². The number of nitrogens with one attached hydrogen (secondary N) is 1. The van der Waals surface area contributed by atoms with Gasteiger partial charge in [-0.15, -0.1) is 0 Å². The van der Waals surface area contributed by atoms with Crippen LogP contribution in [0.1, 0.15) is 29.9 Å². The van der Waals surface area contributed by atoms with Crippen LogP contribution in [0.15, 0.2) is 48.8 Å². The molecule has 1 saturated carbocycles. The van der Waals surface area contributed by atoms with Gasteiger partial charge in [0.1, 0.15) is 23.3 Å². The fraction of sp³-hybridized carbons (Fsp3) is 0.304. The van der Waals surface area contributed by atoms with Crippen LogP contribution in [0.25, 0.3) is 0 Å². The van der Waals surface area contributed by atoms with E-state index in [4.69, 9.17) is 4.74 Å². The molecule has 2 aromatic heterocycles. The van der Waals surface area contributed by atoms with E-state index in [9.17, 15) is 13.6 Å². The molecule has 160 valence electrons. The van der Waals surface area contributed by atoms with Crippen molar-refractivity contribution in [3.63, 3.8) is 0 Å². The average molecular weight is 424 g/mol. The van der Waals surface area contributed by atoms with Crippen molar-refractivity contribution in [2.45, 2.75) is 32.1 Å². The fourth-order valence-corrected chi connectivity index (χ4v) is 3.91. The third-order valence-electron chi connectivity index (χ3n) is 5.63. The van der Waals surface area contributed by atoms with Crippen LogP contribution >= 0.6 is 0 Å². The zero-order valence-electron chi connectivity index (χ0n) is 17.2. The Kier molecular flexibility index (Phi) is 5.63. The summed E-state index contributed by atoms with van der Waals surface area (Å²) in [4.78, 5) is 25.2. The summed E-state index contributed by atoms with van der Waals surface area (Å²) in [6.45, 7) is 3.97. The Hall–Kier alpha value is -3.42. The first-order chi connectivity index (χ1) is 14.9. The molecule has 0 radical (unpaired) electrons. The van der Waals surface area contributed by atoms with Crippen LogP contribution in [0.3, 0.4) is 0 Å². The van der Waals surface area contributed by atoms with Crippen LogP contribution in [0.4, 0.5) is 14.6 Å². The van der Waals surface area contributed by atoms with Crippen molar-refractivity contribution < 1.29 is 18.3 Å². The number of halogens is 2. The Morgan fingerprint density at radius 1 is 1.16 bits per heavy atom. The molecular weight excluding hydrogens is 402 g/mol. The van der Waals surface area contributed by atoms with Crippen molar-refractivity contribution in [2.75, 3.05) is 11.9 Å². The van der Waals surface area contributed by atoms with Gasteiger partial charge in [0.15, 0.2) is 5.75 Å². The zero-order chi connectivity index (χ0) is 22.0. The Morgan fingerprint density at radius 3 is 2.71 bits per heavy atom. The minimum absolute atomic E-state index is 0.238. The molecule has 3 aromatic rings. The summed E-state index contributed by atoms with van der Waals surface area (Å²) in [5.41, 5.74) is 0.936. The highest BCUT2D eigenvalue weighted by atomic mass is 19.1. The lowest BCUT2D eigenvalue weighted by atomic mass is 9.89. The van der Waals surface area contributed by atoms with Gasteiger partial charge in [-0.3, -0.25) is 4.79 Å². The molecule has 1 amide bonds. The molecule has 1 fully saturated rings. The lowest BCUT2D eigenvalue weighted by Gasteiger charge is -2.19. The van der Waals surface area contributed by atoms with Gasteiger partial charge in [-0.2, -0.15) is 0 Å². The summed E-state index contributed by atoms with van der Waals surface area (Å²) < 4.78 is 32.9. The number of benzene rings is 1. The van der Waals surface area contributed by atoms with Gasteiger partial charge < -0.3 is 10.1 Å². The Morgan fingerprint density at radius 2 is 2.00 bits per heavy atom. The number of hydrogen-bond acceptors (Lipinski definition) is 5. The van der Waals surface area contributed by atoms with Crippen molar-refractivity contribution in [1.82, 2.24) is 15.0 Å². The topological polar surface area (TPSA) is 77.0 Å². The van der Waals surface area contributed by atoms with Crippen LogP contribution in [-0.4, -0.2) is 27.5 Å². The van der Waals surface area contributed by atoms with E-state index in [1.807, 2.05) is 13.0 Å². The van der Waals surface area contributed by atoms with E-state index in [0.29, 0.717) is 31.0 Å². The molecule has 1 N–H and O–H groups in total. The number of nitrogens with zero attached hydrogens (tertiary/aromatic N) is 3. The SMILES string of the molecule is Cc1ncc(OCC[C@@]2(c3cccc(F)c3)C[C@H]2C(=O)Nc2ccc(F)cn2)c(C)n1. The van der Waals surface area contributed by atoms with Crippen molar-refractivity contribution in [2.24, 2.45) is 5.92 Å². The van der Waals surface area contributed by atoms with Gasteiger partial charge in [-0.05, 0) is 56.5 Å². The molecule has 0 saturated heterocycles. The van der Waals surface area contributed by atoms with Crippen LogP contribution in [-0.2, 0) is 10.2 Å². The highest BCUT2D eigenvalue weighted by Gasteiger charge is 2.59. The van der Waals surface area contributed by atoms with Gasteiger partial charge in [0.2, 0.25) is 5.91 Å². The minimum atomic E-state index is -0.550. The average Bonchev–Trinajstić information content (AvgIpc) is 3.47. The van der Waals surface area contributed by atoms with Crippen LogP contribution in [0.2, 0.25) is 0 Å². The molecule has 1 aliphatic carbocycles. The van der Waals surface area contributed by atoms with Crippen molar-refractivity contribution >= 4 is 11.7 Å². The van der Waals surface area contributed by atoms with Gasteiger partial charge in [-0.25, -0.2) is 23.7 Å². The largest absolute Gasteiger partial charge is 0.490 e. The molecule has 6 nitrogen and oxygen atoms in total. The number of ether oxygens (including phenoxy) is 1. The van der Waals surface area contributed by atoms with Gasteiger partial charge in [0.25, 0.3) is 0 Å². The van der Waals surface area contributed by atoms with E-state index in [2.05, 4.69) is 20.3 Å². The molecule has 0 aliphatic heterocycles. The second kappa shape index (κ2) is 8.37. The summed E-state index contributed by atoms with van der Waals surface area (Å²) >= 11 is 0.